The molecule has 0 bridgehead atoms. The minimum Gasteiger partial charge on any atom is -0.345 e. The van der Waals surface area contributed by atoms with E-state index >= 15 is 0 Å². The fourth-order valence-electron chi connectivity index (χ4n) is 3.77. The molecule has 1 aliphatic heterocycles. The Kier molecular flexibility index (Phi) is 7.44. The van der Waals surface area contributed by atoms with Crippen LogP contribution in [0.5, 0.6) is 0 Å². The molecule has 182 valence electrons. The number of hydrogen-bond acceptors (Lipinski definition) is 8. The number of rotatable bonds is 8. The Morgan fingerprint density at radius 2 is 1.46 bits per heavy atom. The summed E-state index contributed by atoms with van der Waals surface area (Å²) in [6.07, 6.45) is 5.11. The van der Waals surface area contributed by atoms with Crippen LogP contribution in [0.25, 0.3) is 0 Å². The van der Waals surface area contributed by atoms with Crippen LogP contribution in [0, 0.1) is 0 Å². The first-order valence-electron chi connectivity index (χ1n) is 11.1. The summed E-state index contributed by atoms with van der Waals surface area (Å²) in [5, 5.41) is 5.88. The summed E-state index contributed by atoms with van der Waals surface area (Å²) in [4.78, 5) is 16.5. The van der Waals surface area contributed by atoms with E-state index in [1.807, 2.05) is 0 Å². The van der Waals surface area contributed by atoms with Crippen LogP contribution in [-0.4, -0.2) is 40.2 Å². The standard InChI is InChI=1S/C25H25N3O5S2/c29-25(22-13-7-8-16-26-22)19-14-15-23(27-17-19)28-18-24(34(30,31)20-9-3-1-4-10-20)35(32,33)21-11-5-2-6-12-21/h1-6,9-12,14-15,17-18,22,26H,7-8,13,16H2,(H,27,28). The number of ketones is 1. The molecule has 1 atom stereocenters. The maximum absolute atomic E-state index is 13.3. The molecule has 35 heavy (non-hydrogen) atoms. The highest BCUT2D eigenvalue weighted by Gasteiger charge is 2.33. The summed E-state index contributed by atoms with van der Waals surface area (Å²) in [5.41, 5.74) is 0.424. The van der Waals surface area contributed by atoms with Gasteiger partial charge in [0.05, 0.1) is 15.8 Å². The summed E-state index contributed by atoms with van der Waals surface area (Å²) < 4.78 is 52.5. The molecule has 0 aliphatic carbocycles. The van der Waals surface area contributed by atoms with Gasteiger partial charge in [-0.3, -0.25) is 4.79 Å². The smallest absolute Gasteiger partial charge is 0.219 e. The number of benzene rings is 2. The van der Waals surface area contributed by atoms with E-state index in [2.05, 4.69) is 15.6 Å². The van der Waals surface area contributed by atoms with Crippen molar-refractivity contribution in [3.8, 4) is 0 Å². The first-order valence-corrected chi connectivity index (χ1v) is 14.1. The fraction of sp³-hybridized carbons (Fsp3) is 0.200. The van der Waals surface area contributed by atoms with Crippen LogP contribution < -0.4 is 10.6 Å². The van der Waals surface area contributed by atoms with Crippen molar-refractivity contribution in [2.45, 2.75) is 35.1 Å². The number of nitrogens with one attached hydrogen (secondary N) is 2. The SMILES string of the molecule is O=C(c1ccc(NC=C(S(=O)(=O)c2ccccc2)S(=O)(=O)c2ccccc2)nc1)C1CCCCN1. The largest absolute Gasteiger partial charge is 0.345 e. The van der Waals surface area contributed by atoms with Gasteiger partial charge in [-0.25, -0.2) is 21.8 Å². The zero-order chi connectivity index (χ0) is 24.9. The zero-order valence-corrected chi connectivity index (χ0v) is 20.4. The van der Waals surface area contributed by atoms with Crippen LogP contribution in [0.3, 0.4) is 0 Å². The number of aromatic nitrogens is 1. The molecule has 1 unspecified atom stereocenters. The highest BCUT2D eigenvalue weighted by molar-refractivity contribution is 8.14. The predicted octanol–water partition coefficient (Wildman–Crippen LogP) is 3.57. The third-order valence-electron chi connectivity index (χ3n) is 5.65. The lowest BCUT2D eigenvalue weighted by Crippen LogP contribution is -2.40. The number of carbonyl (C=O) groups is 1. The number of anilines is 1. The van der Waals surface area contributed by atoms with Crippen LogP contribution >= 0.6 is 0 Å². The first-order chi connectivity index (χ1) is 16.8. The summed E-state index contributed by atoms with van der Waals surface area (Å²) >= 11 is 0. The second-order valence-corrected chi connectivity index (χ2v) is 12.1. The number of nitrogens with zero attached hydrogens (tertiary/aromatic N) is 1. The highest BCUT2D eigenvalue weighted by atomic mass is 32.3. The number of piperidine rings is 1. The second kappa shape index (κ2) is 10.5. The fourth-order valence-corrected chi connectivity index (χ4v) is 7.42. The van der Waals surface area contributed by atoms with Crippen LogP contribution in [0.2, 0.25) is 0 Å². The van der Waals surface area contributed by atoms with E-state index in [0.717, 1.165) is 32.0 Å². The average Bonchev–Trinajstić information content (AvgIpc) is 2.90. The van der Waals surface area contributed by atoms with Gasteiger partial charge in [0.1, 0.15) is 5.82 Å². The van der Waals surface area contributed by atoms with E-state index in [1.165, 1.54) is 60.8 Å². The summed E-state index contributed by atoms with van der Waals surface area (Å²) in [7, 11) is -8.79. The molecular weight excluding hydrogens is 486 g/mol. The molecule has 2 aromatic carbocycles. The minimum atomic E-state index is -4.39. The average molecular weight is 512 g/mol. The Hall–Kier alpha value is -3.34. The van der Waals surface area contributed by atoms with Crippen molar-refractivity contribution in [3.63, 3.8) is 0 Å². The summed E-state index contributed by atoms with van der Waals surface area (Å²) in [6, 6.07) is 17.5. The third kappa shape index (κ3) is 5.50. The monoisotopic (exact) mass is 511 g/mol. The molecule has 0 amide bonds. The van der Waals surface area contributed by atoms with Gasteiger partial charge in [-0.2, -0.15) is 0 Å². The Labute approximate surface area is 205 Å². The lowest BCUT2D eigenvalue weighted by molar-refractivity contribution is 0.0927. The zero-order valence-electron chi connectivity index (χ0n) is 18.8. The molecular formula is C25H25N3O5S2. The molecule has 0 saturated carbocycles. The molecule has 8 nitrogen and oxygen atoms in total. The molecule has 2 N–H and O–H groups in total. The minimum absolute atomic E-state index is 0.0571. The van der Waals surface area contributed by atoms with E-state index in [9.17, 15) is 21.6 Å². The molecule has 1 fully saturated rings. The van der Waals surface area contributed by atoms with Gasteiger partial charge in [-0.15, -0.1) is 0 Å². The molecule has 4 rings (SSSR count). The van der Waals surface area contributed by atoms with Gasteiger partial charge in [0.2, 0.25) is 19.7 Å². The Morgan fingerprint density at radius 1 is 0.857 bits per heavy atom. The Bertz CT molecular complexity index is 1340. The lowest BCUT2D eigenvalue weighted by Gasteiger charge is -2.22. The van der Waals surface area contributed by atoms with Crippen molar-refractivity contribution < 1.29 is 21.6 Å². The summed E-state index contributed by atoms with van der Waals surface area (Å²) in [6.45, 7) is 0.794. The molecule has 2 heterocycles. The van der Waals surface area contributed by atoms with Gasteiger partial charge in [0.15, 0.2) is 10.0 Å². The van der Waals surface area contributed by atoms with E-state index in [1.54, 1.807) is 18.2 Å². The van der Waals surface area contributed by atoms with Crippen molar-refractivity contribution in [1.29, 1.82) is 0 Å². The first kappa shape index (κ1) is 24.8. The molecule has 1 saturated heterocycles. The normalized spacial score (nSPS) is 16.3. The maximum atomic E-state index is 13.3. The van der Waals surface area contributed by atoms with Crippen LogP contribution in [0.15, 0.2) is 99.2 Å². The van der Waals surface area contributed by atoms with Crippen molar-refractivity contribution in [3.05, 3.63) is 95.0 Å². The Balaban J connectivity index is 1.66. The van der Waals surface area contributed by atoms with Crippen LogP contribution in [0.1, 0.15) is 29.6 Å². The van der Waals surface area contributed by atoms with E-state index in [4.69, 9.17) is 0 Å². The van der Waals surface area contributed by atoms with Crippen molar-refractivity contribution in [2.24, 2.45) is 0 Å². The molecule has 3 aromatic rings. The highest BCUT2D eigenvalue weighted by Crippen LogP contribution is 2.29. The van der Waals surface area contributed by atoms with Gasteiger partial charge < -0.3 is 10.6 Å². The maximum Gasteiger partial charge on any atom is 0.219 e. The molecule has 0 radical (unpaired) electrons. The van der Waals surface area contributed by atoms with Gasteiger partial charge >= 0.3 is 0 Å². The number of hydrogen-bond donors (Lipinski definition) is 2. The van der Waals surface area contributed by atoms with Crippen molar-refractivity contribution >= 4 is 31.3 Å². The Morgan fingerprint density at radius 3 is 1.94 bits per heavy atom. The quantitative estimate of drug-likeness (QED) is 0.440. The second-order valence-electron chi connectivity index (χ2n) is 8.04. The number of pyridine rings is 1. The molecule has 1 aromatic heterocycles. The van der Waals surface area contributed by atoms with Crippen LogP contribution in [0.4, 0.5) is 5.82 Å². The van der Waals surface area contributed by atoms with Crippen molar-refractivity contribution in [1.82, 2.24) is 10.3 Å². The van der Waals surface area contributed by atoms with Gasteiger partial charge in [-0.05, 0) is 55.8 Å². The van der Waals surface area contributed by atoms with Crippen LogP contribution in [-0.2, 0) is 19.7 Å². The lowest BCUT2D eigenvalue weighted by atomic mass is 9.97. The van der Waals surface area contributed by atoms with E-state index in [-0.39, 0.29) is 27.4 Å². The molecule has 1 aliphatic rings. The van der Waals surface area contributed by atoms with E-state index in [0.29, 0.717) is 5.56 Å². The number of Topliss-reactive ketones (excluding diaryl/α,β-unsaturated/α-hetero) is 1. The van der Waals surface area contributed by atoms with Gasteiger partial charge in [0.25, 0.3) is 0 Å². The topological polar surface area (TPSA) is 122 Å². The number of carbonyl (C=O) groups excluding carboxylic acids is 1. The van der Waals surface area contributed by atoms with E-state index < -0.39 is 23.9 Å². The van der Waals surface area contributed by atoms with Crippen molar-refractivity contribution in [2.75, 3.05) is 11.9 Å². The third-order valence-corrected chi connectivity index (χ3v) is 10.0. The number of sulfone groups is 2. The van der Waals surface area contributed by atoms with Gasteiger partial charge in [-0.1, -0.05) is 42.8 Å². The molecule has 10 heteroatoms. The van der Waals surface area contributed by atoms with Gasteiger partial charge in [0, 0.05) is 18.0 Å². The molecule has 0 spiro atoms. The summed E-state index contributed by atoms with van der Waals surface area (Å²) in [5.74, 6) is 0.139. The predicted molar refractivity (Wildman–Crippen MR) is 133 cm³/mol.